The van der Waals surface area contributed by atoms with Gasteiger partial charge < -0.3 is 10.0 Å². The number of hydrogen-bond acceptors (Lipinski definition) is 3. The van der Waals surface area contributed by atoms with Crippen LogP contribution in [0, 0.1) is 24.2 Å². The van der Waals surface area contributed by atoms with E-state index in [-0.39, 0.29) is 5.92 Å². The van der Waals surface area contributed by atoms with Crippen LogP contribution < -0.4 is 4.90 Å². The van der Waals surface area contributed by atoms with Crippen LogP contribution in [-0.2, 0) is 4.79 Å². The lowest BCUT2D eigenvalue weighted by atomic mass is 9.97. The van der Waals surface area contributed by atoms with Crippen LogP contribution >= 0.6 is 0 Å². The van der Waals surface area contributed by atoms with Gasteiger partial charge in [-0.1, -0.05) is 0 Å². The molecule has 1 atom stereocenters. The molecule has 4 heteroatoms. The normalized spacial score (nSPS) is 19.3. The molecule has 0 aromatic heterocycles. The molecule has 0 aliphatic carbocycles. The summed E-state index contributed by atoms with van der Waals surface area (Å²) in [7, 11) is 0. The zero-order valence-corrected chi connectivity index (χ0v) is 10.4. The van der Waals surface area contributed by atoms with Crippen LogP contribution in [0.25, 0.3) is 0 Å². The van der Waals surface area contributed by atoms with Crippen molar-refractivity contribution in [3.05, 3.63) is 29.3 Å². The molecule has 0 amide bonds. The molecule has 18 heavy (non-hydrogen) atoms. The Balaban J connectivity index is 2.21. The van der Waals surface area contributed by atoms with E-state index < -0.39 is 5.97 Å². The molecule has 2 rings (SSSR count). The highest BCUT2D eigenvalue weighted by atomic mass is 16.4. The highest BCUT2D eigenvalue weighted by Crippen LogP contribution is 2.26. The number of anilines is 1. The molecule has 1 unspecified atom stereocenters. The summed E-state index contributed by atoms with van der Waals surface area (Å²) in [6, 6.07) is 7.66. The topological polar surface area (TPSA) is 64.3 Å². The zero-order valence-electron chi connectivity index (χ0n) is 10.4. The average Bonchev–Trinajstić information content (AvgIpc) is 2.38. The van der Waals surface area contributed by atoms with E-state index in [0.717, 1.165) is 30.6 Å². The van der Waals surface area contributed by atoms with Crippen molar-refractivity contribution in [1.29, 1.82) is 5.26 Å². The van der Waals surface area contributed by atoms with Gasteiger partial charge >= 0.3 is 5.97 Å². The molecule has 1 N–H and O–H groups in total. The van der Waals surface area contributed by atoms with Crippen LogP contribution in [0.2, 0.25) is 0 Å². The summed E-state index contributed by atoms with van der Waals surface area (Å²) < 4.78 is 0. The van der Waals surface area contributed by atoms with Gasteiger partial charge in [0.15, 0.2) is 0 Å². The molecule has 0 saturated carbocycles. The third-order valence-corrected chi connectivity index (χ3v) is 3.44. The molecule has 1 saturated heterocycles. The zero-order chi connectivity index (χ0) is 13.1. The maximum absolute atomic E-state index is 11.0. The lowest BCUT2D eigenvalue weighted by molar-refractivity contribution is -0.141. The van der Waals surface area contributed by atoms with Crippen LogP contribution in [0.5, 0.6) is 0 Å². The highest BCUT2D eigenvalue weighted by Gasteiger charge is 2.26. The van der Waals surface area contributed by atoms with E-state index in [0.29, 0.717) is 12.1 Å². The van der Waals surface area contributed by atoms with Crippen molar-refractivity contribution in [1.82, 2.24) is 0 Å². The number of carboxylic acids is 1. The van der Waals surface area contributed by atoms with Crippen LogP contribution in [0.15, 0.2) is 18.2 Å². The molecule has 1 aliphatic heterocycles. The lowest BCUT2D eigenvalue weighted by Crippen LogP contribution is -2.39. The molecule has 0 radical (unpaired) electrons. The van der Waals surface area contributed by atoms with Crippen molar-refractivity contribution in [2.75, 3.05) is 18.0 Å². The molecule has 1 aromatic carbocycles. The van der Waals surface area contributed by atoms with Crippen molar-refractivity contribution >= 4 is 11.7 Å². The molecule has 1 aromatic rings. The van der Waals surface area contributed by atoms with Gasteiger partial charge in [-0.05, 0) is 43.5 Å². The number of carbonyl (C=O) groups is 1. The number of nitrogens with zero attached hydrogens (tertiary/aromatic N) is 2. The minimum atomic E-state index is -0.717. The molecular formula is C14H16N2O2. The summed E-state index contributed by atoms with van der Waals surface area (Å²) in [6.45, 7) is 3.40. The smallest absolute Gasteiger partial charge is 0.308 e. The van der Waals surface area contributed by atoms with Crippen LogP contribution in [0.4, 0.5) is 5.69 Å². The van der Waals surface area contributed by atoms with Gasteiger partial charge in [0.25, 0.3) is 0 Å². The van der Waals surface area contributed by atoms with Gasteiger partial charge in [0, 0.05) is 18.8 Å². The van der Waals surface area contributed by atoms with Crippen molar-refractivity contribution in [3.8, 4) is 6.07 Å². The number of aliphatic carboxylic acids is 1. The molecule has 1 heterocycles. The minimum absolute atomic E-state index is 0.284. The number of rotatable bonds is 2. The fourth-order valence-electron chi connectivity index (χ4n) is 2.48. The van der Waals surface area contributed by atoms with Crippen LogP contribution in [0.3, 0.4) is 0 Å². The van der Waals surface area contributed by atoms with Gasteiger partial charge in [-0.25, -0.2) is 0 Å². The number of benzene rings is 1. The quantitative estimate of drug-likeness (QED) is 0.866. The van der Waals surface area contributed by atoms with Gasteiger partial charge in [-0.15, -0.1) is 0 Å². The third kappa shape index (κ3) is 2.45. The number of hydrogen-bond donors (Lipinski definition) is 1. The summed E-state index contributed by atoms with van der Waals surface area (Å²) in [6.07, 6.45) is 1.65. The van der Waals surface area contributed by atoms with Crippen molar-refractivity contribution in [3.63, 3.8) is 0 Å². The minimum Gasteiger partial charge on any atom is -0.481 e. The van der Waals surface area contributed by atoms with Gasteiger partial charge in [0.05, 0.1) is 17.6 Å². The van der Waals surface area contributed by atoms with Crippen molar-refractivity contribution < 1.29 is 9.90 Å². The molecule has 4 nitrogen and oxygen atoms in total. The maximum Gasteiger partial charge on any atom is 0.308 e. The predicted molar refractivity (Wildman–Crippen MR) is 68.5 cm³/mol. The van der Waals surface area contributed by atoms with Crippen molar-refractivity contribution in [2.24, 2.45) is 5.92 Å². The fourth-order valence-corrected chi connectivity index (χ4v) is 2.48. The third-order valence-electron chi connectivity index (χ3n) is 3.44. The van der Waals surface area contributed by atoms with E-state index in [1.165, 1.54) is 0 Å². The standard InChI is InChI=1S/C14H16N2O2/c1-10-7-11(8-15)4-5-13(10)16-6-2-3-12(9-16)14(17)18/h4-5,7,12H,2-3,6,9H2,1H3,(H,17,18). The van der Waals surface area contributed by atoms with Crippen LogP contribution in [0.1, 0.15) is 24.0 Å². The number of nitriles is 1. The molecule has 0 spiro atoms. The molecule has 94 valence electrons. The Morgan fingerprint density at radius 2 is 2.33 bits per heavy atom. The van der Waals surface area contributed by atoms with E-state index in [1.54, 1.807) is 6.07 Å². The summed E-state index contributed by atoms with van der Waals surface area (Å²) in [5, 5.41) is 17.9. The Morgan fingerprint density at radius 1 is 1.56 bits per heavy atom. The second-order valence-electron chi connectivity index (χ2n) is 4.74. The Bertz CT molecular complexity index is 505. The molecule has 1 fully saturated rings. The number of piperidine rings is 1. The first-order valence-corrected chi connectivity index (χ1v) is 6.10. The Kier molecular flexibility index (Phi) is 3.52. The van der Waals surface area contributed by atoms with Gasteiger partial charge in [-0.2, -0.15) is 5.26 Å². The van der Waals surface area contributed by atoms with Gasteiger partial charge in [0.1, 0.15) is 0 Å². The SMILES string of the molecule is Cc1cc(C#N)ccc1N1CCCC(C(=O)O)C1. The van der Waals surface area contributed by atoms with Crippen molar-refractivity contribution in [2.45, 2.75) is 19.8 Å². The van der Waals surface area contributed by atoms with E-state index in [1.807, 2.05) is 19.1 Å². The van der Waals surface area contributed by atoms with E-state index in [2.05, 4.69) is 11.0 Å². The van der Waals surface area contributed by atoms with E-state index in [9.17, 15) is 4.79 Å². The van der Waals surface area contributed by atoms with Crippen LogP contribution in [-0.4, -0.2) is 24.2 Å². The summed E-state index contributed by atoms with van der Waals surface area (Å²) in [5.41, 5.74) is 2.71. The molecule has 1 aliphatic rings. The Hall–Kier alpha value is -2.02. The van der Waals surface area contributed by atoms with Gasteiger partial charge in [0.2, 0.25) is 0 Å². The summed E-state index contributed by atoms with van der Waals surface area (Å²) in [4.78, 5) is 13.2. The Morgan fingerprint density at radius 3 is 2.94 bits per heavy atom. The monoisotopic (exact) mass is 244 g/mol. The predicted octanol–water partition coefficient (Wildman–Crippen LogP) is 2.17. The maximum atomic E-state index is 11.0. The second kappa shape index (κ2) is 5.09. The number of carboxylic acid groups (broad SMARTS) is 1. The number of aryl methyl sites for hydroxylation is 1. The molecule has 0 bridgehead atoms. The second-order valence-corrected chi connectivity index (χ2v) is 4.74. The first kappa shape index (κ1) is 12.4. The van der Waals surface area contributed by atoms with E-state index in [4.69, 9.17) is 10.4 Å². The first-order valence-electron chi connectivity index (χ1n) is 6.10. The molecular weight excluding hydrogens is 228 g/mol. The fraction of sp³-hybridized carbons (Fsp3) is 0.429. The van der Waals surface area contributed by atoms with Gasteiger partial charge in [-0.3, -0.25) is 4.79 Å². The highest BCUT2D eigenvalue weighted by molar-refractivity contribution is 5.71. The summed E-state index contributed by atoms with van der Waals surface area (Å²) >= 11 is 0. The lowest BCUT2D eigenvalue weighted by Gasteiger charge is -2.33. The average molecular weight is 244 g/mol. The largest absolute Gasteiger partial charge is 0.481 e. The summed E-state index contributed by atoms with van der Waals surface area (Å²) in [5.74, 6) is -1.00. The van der Waals surface area contributed by atoms with E-state index >= 15 is 0 Å². The first-order chi connectivity index (χ1) is 8.61. The Labute approximate surface area is 106 Å².